The van der Waals surface area contributed by atoms with Crippen molar-refractivity contribution in [2.75, 3.05) is 11.9 Å². The Balaban J connectivity index is 1.91. The summed E-state index contributed by atoms with van der Waals surface area (Å²) in [4.78, 5) is 38.5. The highest BCUT2D eigenvalue weighted by Crippen LogP contribution is 2.29. The quantitative estimate of drug-likeness (QED) is 0.281. The molecule has 0 aliphatic carbocycles. The van der Waals surface area contributed by atoms with Crippen molar-refractivity contribution in [2.24, 2.45) is 0 Å². The molecule has 0 saturated carbocycles. The summed E-state index contributed by atoms with van der Waals surface area (Å²) in [6.07, 6.45) is 0. The molecule has 2 amide bonds. The number of halogens is 2. The molecule has 3 aromatic rings. The van der Waals surface area contributed by atoms with Crippen LogP contribution in [0.5, 0.6) is 0 Å². The molecule has 1 aromatic heterocycles. The van der Waals surface area contributed by atoms with Gasteiger partial charge in [-0.2, -0.15) is 5.10 Å². The van der Waals surface area contributed by atoms with E-state index in [4.69, 9.17) is 23.2 Å². The lowest BCUT2D eigenvalue weighted by atomic mass is 9.92. The van der Waals surface area contributed by atoms with Crippen LogP contribution in [-0.2, 0) is 10.2 Å². The molecule has 0 aliphatic heterocycles. The van der Waals surface area contributed by atoms with Crippen molar-refractivity contribution in [2.45, 2.75) is 53.0 Å². The monoisotopic (exact) mass is 545 g/mol. The Bertz CT molecular complexity index is 1360. The maximum Gasteiger partial charge on any atom is 0.273 e. The normalized spacial score (nSPS) is 11.5. The number of benzene rings is 2. The van der Waals surface area contributed by atoms with Crippen molar-refractivity contribution in [1.82, 2.24) is 14.7 Å². The lowest BCUT2D eigenvalue weighted by Crippen LogP contribution is -2.42. The number of rotatable bonds is 7. The van der Waals surface area contributed by atoms with Crippen molar-refractivity contribution < 1.29 is 14.5 Å². The van der Waals surface area contributed by atoms with Crippen LogP contribution in [0.3, 0.4) is 0 Å². The van der Waals surface area contributed by atoms with Gasteiger partial charge in [-0.25, -0.2) is 4.68 Å². The van der Waals surface area contributed by atoms with Crippen LogP contribution in [-0.4, -0.2) is 44.0 Å². The zero-order chi connectivity index (χ0) is 27.7. The predicted octanol–water partition coefficient (Wildman–Crippen LogP) is 6.18. The van der Waals surface area contributed by atoms with E-state index in [9.17, 15) is 19.7 Å². The van der Waals surface area contributed by atoms with E-state index in [1.165, 1.54) is 23.1 Å². The van der Waals surface area contributed by atoms with Gasteiger partial charge < -0.3 is 10.2 Å². The van der Waals surface area contributed by atoms with E-state index >= 15 is 0 Å². The number of aromatic nitrogens is 2. The van der Waals surface area contributed by atoms with Gasteiger partial charge in [0.05, 0.1) is 26.3 Å². The van der Waals surface area contributed by atoms with Crippen molar-refractivity contribution in [3.8, 4) is 5.69 Å². The molecule has 3 rings (SSSR count). The zero-order valence-electron chi connectivity index (χ0n) is 21.5. The summed E-state index contributed by atoms with van der Waals surface area (Å²) in [7, 11) is 0. The summed E-state index contributed by atoms with van der Waals surface area (Å²) in [5.41, 5.74) is 1.46. The summed E-state index contributed by atoms with van der Waals surface area (Å²) < 4.78 is 1.56. The minimum absolute atomic E-state index is 0.134. The molecule has 9 nitrogen and oxygen atoms in total. The van der Waals surface area contributed by atoms with Crippen molar-refractivity contribution >= 4 is 46.5 Å². The standard InChI is InChI=1S/C26H29Cl2N5O4/c1-15(2)31(25(35)17-8-7-16(3)21(11-17)33(36)37)14-24(34)29-23-13-22(26(4,5)6)30-32(23)18-9-10-19(27)20(28)12-18/h7-13,15H,14H2,1-6H3,(H,29,34). The van der Waals surface area contributed by atoms with E-state index in [0.29, 0.717) is 27.1 Å². The second-order valence-electron chi connectivity index (χ2n) is 10.0. The third kappa shape index (κ3) is 6.47. The average molecular weight is 546 g/mol. The molecule has 0 bridgehead atoms. The van der Waals surface area contributed by atoms with Crippen LogP contribution < -0.4 is 5.32 Å². The van der Waals surface area contributed by atoms with Crippen molar-refractivity contribution in [1.29, 1.82) is 0 Å². The topological polar surface area (TPSA) is 110 Å². The second kappa shape index (κ2) is 10.9. The zero-order valence-corrected chi connectivity index (χ0v) is 23.0. The fourth-order valence-electron chi connectivity index (χ4n) is 3.58. The minimum Gasteiger partial charge on any atom is -0.327 e. The number of hydrogen-bond donors (Lipinski definition) is 1. The molecule has 0 saturated heterocycles. The van der Waals surface area contributed by atoms with Crippen LogP contribution in [0.25, 0.3) is 5.69 Å². The molecular weight excluding hydrogens is 517 g/mol. The summed E-state index contributed by atoms with van der Waals surface area (Å²) in [5, 5.41) is 19.6. The van der Waals surface area contributed by atoms with Gasteiger partial charge in [0.1, 0.15) is 12.4 Å². The first-order valence-electron chi connectivity index (χ1n) is 11.6. The van der Waals surface area contributed by atoms with Gasteiger partial charge in [-0.05, 0) is 45.0 Å². The summed E-state index contributed by atoms with van der Waals surface area (Å²) >= 11 is 12.3. The highest BCUT2D eigenvalue weighted by atomic mass is 35.5. The number of nitrogens with zero attached hydrogens (tertiary/aromatic N) is 4. The maximum absolute atomic E-state index is 13.2. The van der Waals surface area contributed by atoms with Gasteiger partial charge in [-0.1, -0.05) is 50.0 Å². The molecule has 0 atom stereocenters. The number of anilines is 1. The van der Waals surface area contributed by atoms with E-state index in [0.717, 1.165) is 5.69 Å². The molecule has 0 spiro atoms. The Hall–Kier alpha value is -3.43. The van der Waals surface area contributed by atoms with Crippen LogP contribution in [0, 0.1) is 17.0 Å². The Labute approximate surface area is 225 Å². The summed E-state index contributed by atoms with van der Waals surface area (Å²) in [5.74, 6) is -0.539. The van der Waals surface area contributed by atoms with Crippen LogP contribution in [0.2, 0.25) is 10.0 Å². The number of aryl methyl sites for hydroxylation is 1. The Morgan fingerprint density at radius 2 is 1.78 bits per heavy atom. The summed E-state index contributed by atoms with van der Waals surface area (Å²) in [6.45, 7) is 10.9. The van der Waals surface area contributed by atoms with Crippen LogP contribution in [0.1, 0.15) is 56.2 Å². The molecule has 0 radical (unpaired) electrons. The molecule has 196 valence electrons. The first kappa shape index (κ1) is 28.1. The number of nitro groups is 1. The van der Waals surface area contributed by atoms with E-state index in [2.05, 4.69) is 10.4 Å². The fourth-order valence-corrected chi connectivity index (χ4v) is 3.87. The number of nitrogens with one attached hydrogen (secondary N) is 1. The van der Waals surface area contributed by atoms with Gasteiger partial charge in [0.2, 0.25) is 5.91 Å². The number of carbonyl (C=O) groups excluding carboxylic acids is 2. The number of carbonyl (C=O) groups is 2. The predicted molar refractivity (Wildman–Crippen MR) is 145 cm³/mol. The minimum atomic E-state index is -0.532. The smallest absolute Gasteiger partial charge is 0.273 e. The van der Waals surface area contributed by atoms with Gasteiger partial charge in [0.25, 0.3) is 11.6 Å². The van der Waals surface area contributed by atoms with Gasteiger partial charge in [-0.3, -0.25) is 19.7 Å². The molecule has 2 aromatic carbocycles. The number of amides is 2. The molecule has 0 unspecified atom stereocenters. The SMILES string of the molecule is Cc1ccc(C(=O)N(CC(=O)Nc2cc(C(C)(C)C)nn2-c2ccc(Cl)c(Cl)c2)C(C)C)cc1[N+](=O)[O-]. The maximum atomic E-state index is 13.2. The Kier molecular flexibility index (Phi) is 8.29. The lowest BCUT2D eigenvalue weighted by molar-refractivity contribution is -0.385. The third-order valence-electron chi connectivity index (χ3n) is 5.74. The highest BCUT2D eigenvalue weighted by molar-refractivity contribution is 6.42. The fraction of sp³-hybridized carbons (Fsp3) is 0.346. The van der Waals surface area contributed by atoms with Crippen molar-refractivity contribution in [3.05, 3.63) is 79.4 Å². The van der Waals surface area contributed by atoms with Crippen LogP contribution in [0.4, 0.5) is 11.5 Å². The Morgan fingerprint density at radius 3 is 2.35 bits per heavy atom. The highest BCUT2D eigenvalue weighted by Gasteiger charge is 2.26. The van der Waals surface area contributed by atoms with E-state index in [1.807, 2.05) is 20.8 Å². The van der Waals surface area contributed by atoms with E-state index < -0.39 is 16.7 Å². The number of hydrogen-bond acceptors (Lipinski definition) is 5. The summed E-state index contributed by atoms with van der Waals surface area (Å²) in [6, 6.07) is 10.7. The molecule has 1 N–H and O–H groups in total. The Morgan fingerprint density at radius 1 is 1.11 bits per heavy atom. The second-order valence-corrected chi connectivity index (χ2v) is 10.8. The van der Waals surface area contributed by atoms with Gasteiger partial charge in [-0.15, -0.1) is 0 Å². The molecule has 11 heteroatoms. The van der Waals surface area contributed by atoms with Crippen molar-refractivity contribution in [3.63, 3.8) is 0 Å². The lowest BCUT2D eigenvalue weighted by Gasteiger charge is -2.26. The first-order chi connectivity index (χ1) is 17.2. The number of nitro benzene ring substituents is 1. The third-order valence-corrected chi connectivity index (χ3v) is 6.48. The molecule has 0 aliphatic rings. The molecule has 37 heavy (non-hydrogen) atoms. The van der Waals surface area contributed by atoms with E-state index in [1.54, 1.807) is 49.7 Å². The van der Waals surface area contributed by atoms with Gasteiger partial charge in [0, 0.05) is 34.7 Å². The van der Waals surface area contributed by atoms with Gasteiger partial charge >= 0.3 is 0 Å². The molecule has 1 heterocycles. The van der Waals surface area contributed by atoms with Crippen LogP contribution in [0.15, 0.2) is 42.5 Å². The first-order valence-corrected chi connectivity index (χ1v) is 12.4. The van der Waals surface area contributed by atoms with Gasteiger partial charge in [0.15, 0.2) is 0 Å². The van der Waals surface area contributed by atoms with Crippen LogP contribution >= 0.6 is 23.2 Å². The average Bonchev–Trinajstić information content (AvgIpc) is 3.23. The van der Waals surface area contributed by atoms with E-state index in [-0.39, 0.29) is 29.3 Å². The largest absolute Gasteiger partial charge is 0.327 e. The molecule has 0 fully saturated rings. The molecular formula is C26H29Cl2N5O4.